The second kappa shape index (κ2) is 12.3. The highest BCUT2D eigenvalue weighted by Gasteiger charge is 2.40. The van der Waals surface area contributed by atoms with E-state index in [1.807, 2.05) is 13.8 Å². The van der Waals surface area contributed by atoms with Crippen LogP contribution in [0.2, 0.25) is 0 Å². The summed E-state index contributed by atoms with van der Waals surface area (Å²) in [5.41, 5.74) is 0. The van der Waals surface area contributed by atoms with Crippen molar-refractivity contribution in [3.8, 4) is 0 Å². The zero-order chi connectivity index (χ0) is 20.4. The lowest BCUT2D eigenvalue weighted by Gasteiger charge is -2.31. The van der Waals surface area contributed by atoms with Crippen molar-refractivity contribution in [3.05, 3.63) is 0 Å². The fourth-order valence-electron chi connectivity index (χ4n) is 3.90. The number of hydrogen-bond donors (Lipinski definition) is 1. The number of nitrogens with one attached hydrogen (secondary N) is 1. The van der Waals surface area contributed by atoms with Crippen molar-refractivity contribution in [2.75, 3.05) is 26.8 Å². The summed E-state index contributed by atoms with van der Waals surface area (Å²) < 4.78 is 24.1. The van der Waals surface area contributed by atoms with E-state index < -0.39 is 18.4 Å². The molecule has 158 valence electrons. The fraction of sp³-hybridized carbons (Fsp3) is 0.900. The van der Waals surface area contributed by atoms with Gasteiger partial charge in [0, 0.05) is 39.6 Å². The molecule has 1 aliphatic rings. The van der Waals surface area contributed by atoms with Gasteiger partial charge in [-0.25, -0.2) is 4.39 Å². The van der Waals surface area contributed by atoms with Gasteiger partial charge in [0.1, 0.15) is 6.04 Å². The van der Waals surface area contributed by atoms with Gasteiger partial charge < -0.3 is 14.8 Å². The zero-order valence-corrected chi connectivity index (χ0v) is 17.5. The van der Waals surface area contributed by atoms with Gasteiger partial charge in [0.2, 0.25) is 12.3 Å². The number of methoxy groups -OCH3 is 1. The molecule has 5 atom stereocenters. The molecule has 1 fully saturated rings. The molecule has 0 aromatic heterocycles. The molecule has 0 bridgehead atoms. The van der Waals surface area contributed by atoms with Gasteiger partial charge in [-0.15, -0.1) is 0 Å². The quantitative estimate of drug-likeness (QED) is 0.521. The van der Waals surface area contributed by atoms with Gasteiger partial charge in [-0.05, 0) is 38.0 Å². The molecule has 1 N–H and O–H groups in total. The van der Waals surface area contributed by atoms with Crippen LogP contribution in [0.25, 0.3) is 0 Å². The number of esters is 1. The average Bonchev–Trinajstić information content (AvgIpc) is 2.97. The maximum atomic E-state index is 13.8. The number of amides is 1. The third-order valence-electron chi connectivity index (χ3n) is 5.19. The Morgan fingerprint density at radius 1 is 1.26 bits per heavy atom. The number of halogens is 1. The van der Waals surface area contributed by atoms with Crippen molar-refractivity contribution >= 4 is 11.9 Å². The summed E-state index contributed by atoms with van der Waals surface area (Å²) in [6, 6.07) is -0.446. The van der Waals surface area contributed by atoms with Crippen LogP contribution in [0.3, 0.4) is 0 Å². The minimum Gasteiger partial charge on any atom is -0.430 e. The molecule has 27 heavy (non-hydrogen) atoms. The standard InChI is InChI=1S/C20H37FN2O4/c1-6-8-17(14(3)22-15(4)24)12-23-11-16(13-26-5)10-18(23)20(25)27-19(21)9-7-2/h14,16-19H,6-13H2,1-5H3,(H,22,24)/t14?,16-,17?,18-,19?/m1/s1. The highest BCUT2D eigenvalue weighted by atomic mass is 19.1. The number of hydrogen-bond acceptors (Lipinski definition) is 5. The van der Waals surface area contributed by atoms with E-state index in [9.17, 15) is 14.0 Å². The number of ether oxygens (including phenoxy) is 2. The highest BCUT2D eigenvalue weighted by Crippen LogP contribution is 2.28. The number of carbonyl (C=O) groups excluding carboxylic acids is 2. The summed E-state index contributed by atoms with van der Waals surface area (Å²) in [7, 11) is 1.65. The normalized spacial score (nSPS) is 23.6. The summed E-state index contributed by atoms with van der Waals surface area (Å²) in [5.74, 6) is -0.113. The molecular weight excluding hydrogens is 351 g/mol. The molecule has 0 aromatic carbocycles. The largest absolute Gasteiger partial charge is 0.430 e. The zero-order valence-electron chi connectivity index (χ0n) is 17.5. The molecule has 0 spiro atoms. The Kier molecular flexibility index (Phi) is 10.8. The maximum Gasteiger partial charge on any atom is 0.325 e. The number of rotatable bonds is 12. The second-order valence-electron chi connectivity index (χ2n) is 7.70. The van der Waals surface area contributed by atoms with E-state index >= 15 is 0 Å². The molecule has 1 aliphatic heterocycles. The second-order valence-corrected chi connectivity index (χ2v) is 7.70. The van der Waals surface area contributed by atoms with Crippen molar-refractivity contribution < 1.29 is 23.5 Å². The molecule has 0 aromatic rings. The van der Waals surface area contributed by atoms with E-state index in [1.165, 1.54) is 6.92 Å². The SMILES string of the molecule is CCCC(F)OC(=O)[C@H]1C[C@@H](COC)CN1CC(CCC)C(C)NC(C)=O. The van der Waals surface area contributed by atoms with Gasteiger partial charge in [-0.2, -0.15) is 0 Å². The van der Waals surface area contributed by atoms with E-state index in [0.717, 1.165) is 12.8 Å². The van der Waals surface area contributed by atoms with Crippen molar-refractivity contribution in [1.82, 2.24) is 10.2 Å². The first-order chi connectivity index (χ1) is 12.8. The van der Waals surface area contributed by atoms with Crippen LogP contribution in [-0.4, -0.2) is 62.0 Å². The summed E-state index contributed by atoms with van der Waals surface area (Å²) in [6.07, 6.45) is 1.84. The van der Waals surface area contributed by atoms with Gasteiger partial charge in [0.15, 0.2) is 0 Å². The first-order valence-electron chi connectivity index (χ1n) is 10.2. The summed E-state index contributed by atoms with van der Waals surface area (Å²) >= 11 is 0. The lowest BCUT2D eigenvalue weighted by molar-refractivity contribution is -0.164. The number of likely N-dealkylation sites (tertiary alicyclic amines) is 1. The smallest absolute Gasteiger partial charge is 0.325 e. The van der Waals surface area contributed by atoms with Gasteiger partial charge in [-0.1, -0.05) is 20.3 Å². The lowest BCUT2D eigenvalue weighted by Crippen LogP contribution is -2.46. The third kappa shape index (κ3) is 8.13. The Labute approximate surface area is 163 Å². The molecule has 1 saturated heterocycles. The van der Waals surface area contributed by atoms with Crippen LogP contribution in [0, 0.1) is 11.8 Å². The molecule has 1 amide bonds. The first kappa shape index (κ1) is 23.8. The average molecular weight is 389 g/mol. The summed E-state index contributed by atoms with van der Waals surface area (Å²) in [5, 5.41) is 2.96. The molecule has 0 radical (unpaired) electrons. The maximum absolute atomic E-state index is 13.8. The van der Waals surface area contributed by atoms with Crippen LogP contribution < -0.4 is 5.32 Å². The Balaban J connectivity index is 2.83. The van der Waals surface area contributed by atoms with E-state index in [4.69, 9.17) is 9.47 Å². The molecule has 7 heteroatoms. The van der Waals surface area contributed by atoms with Crippen LogP contribution in [0.1, 0.15) is 59.8 Å². The van der Waals surface area contributed by atoms with Crippen molar-refractivity contribution in [1.29, 1.82) is 0 Å². The van der Waals surface area contributed by atoms with Crippen molar-refractivity contribution in [3.63, 3.8) is 0 Å². The van der Waals surface area contributed by atoms with Gasteiger partial charge in [-0.3, -0.25) is 14.5 Å². The Morgan fingerprint density at radius 3 is 2.48 bits per heavy atom. The number of alkyl halides is 1. The molecule has 0 saturated carbocycles. The van der Waals surface area contributed by atoms with E-state index in [-0.39, 0.29) is 30.2 Å². The summed E-state index contributed by atoms with van der Waals surface area (Å²) in [4.78, 5) is 26.1. The number of nitrogens with zero attached hydrogens (tertiary/aromatic N) is 1. The van der Waals surface area contributed by atoms with Crippen LogP contribution in [0.15, 0.2) is 0 Å². The van der Waals surface area contributed by atoms with Crippen molar-refractivity contribution in [2.45, 2.75) is 78.2 Å². The predicted molar refractivity (Wildman–Crippen MR) is 103 cm³/mol. The lowest BCUT2D eigenvalue weighted by atomic mass is 9.95. The first-order valence-corrected chi connectivity index (χ1v) is 10.2. The van der Waals surface area contributed by atoms with Gasteiger partial charge in [0.05, 0.1) is 6.61 Å². The van der Waals surface area contributed by atoms with Crippen LogP contribution in [0.5, 0.6) is 0 Å². The number of carbonyl (C=O) groups is 2. The van der Waals surface area contributed by atoms with Crippen LogP contribution in [0.4, 0.5) is 4.39 Å². The monoisotopic (exact) mass is 388 g/mol. The summed E-state index contributed by atoms with van der Waals surface area (Å²) in [6.45, 7) is 9.42. The van der Waals surface area contributed by atoms with Gasteiger partial charge >= 0.3 is 5.97 Å². The Bertz CT molecular complexity index is 463. The Hall–Kier alpha value is -1.21. The van der Waals surface area contributed by atoms with Gasteiger partial charge in [0.25, 0.3) is 0 Å². The molecule has 6 nitrogen and oxygen atoms in total. The van der Waals surface area contributed by atoms with E-state index in [2.05, 4.69) is 17.1 Å². The van der Waals surface area contributed by atoms with E-state index in [0.29, 0.717) is 32.5 Å². The van der Waals surface area contributed by atoms with Crippen LogP contribution in [-0.2, 0) is 19.1 Å². The topological polar surface area (TPSA) is 67.9 Å². The minimum absolute atomic E-state index is 0.00890. The fourth-order valence-corrected chi connectivity index (χ4v) is 3.90. The molecule has 3 unspecified atom stereocenters. The third-order valence-corrected chi connectivity index (χ3v) is 5.19. The highest BCUT2D eigenvalue weighted by molar-refractivity contribution is 5.76. The Morgan fingerprint density at radius 2 is 1.93 bits per heavy atom. The molecular formula is C20H37FN2O4. The predicted octanol–water partition coefficient (Wildman–Crippen LogP) is 2.90. The molecule has 0 aliphatic carbocycles. The van der Waals surface area contributed by atoms with E-state index in [1.54, 1.807) is 7.11 Å². The molecule has 1 heterocycles. The van der Waals surface area contributed by atoms with Crippen LogP contribution >= 0.6 is 0 Å². The minimum atomic E-state index is -1.55. The van der Waals surface area contributed by atoms with Crippen molar-refractivity contribution in [2.24, 2.45) is 11.8 Å². The molecule has 1 rings (SSSR count).